The molecule has 0 unspecified atom stereocenters. The molecule has 7 nitrogen and oxygen atoms in total. The molecule has 0 atom stereocenters. The third-order valence-corrected chi connectivity index (χ3v) is 6.47. The molecule has 2 N–H and O–H groups in total. The minimum absolute atomic E-state index is 0.0745. The van der Waals surface area contributed by atoms with Gasteiger partial charge in [0.1, 0.15) is 10.4 Å². The first-order valence-electron chi connectivity index (χ1n) is 9.42. The van der Waals surface area contributed by atoms with Crippen LogP contribution in [0.3, 0.4) is 0 Å². The standard InChI is InChI=1S/C21H18N4O3S3/c1-2-28-15-11-7-6-10-14(15)22-16(26)12-30-20-23-18-17(19(27)24-20)31-21(29)25(18)13-8-4-3-5-9-13/h3-11H,2,12H2,1H3,(H,22,26)(H,23,24,27). The molecule has 0 aliphatic heterocycles. The molecule has 31 heavy (non-hydrogen) atoms. The highest BCUT2D eigenvalue weighted by molar-refractivity contribution is 7.99. The number of thioether (sulfide) groups is 1. The second-order valence-electron chi connectivity index (χ2n) is 6.33. The van der Waals surface area contributed by atoms with E-state index in [-0.39, 0.29) is 17.2 Å². The minimum atomic E-state index is -0.277. The second-order valence-corrected chi connectivity index (χ2v) is 8.94. The van der Waals surface area contributed by atoms with Gasteiger partial charge in [-0.1, -0.05) is 53.4 Å². The molecular weight excluding hydrogens is 452 g/mol. The van der Waals surface area contributed by atoms with Gasteiger partial charge in [-0.05, 0) is 43.4 Å². The Kier molecular flexibility index (Phi) is 6.50. The largest absolute Gasteiger partial charge is 0.492 e. The summed E-state index contributed by atoms with van der Waals surface area (Å²) in [6, 6.07) is 16.7. The first-order chi connectivity index (χ1) is 15.1. The summed E-state index contributed by atoms with van der Waals surface area (Å²) in [6.07, 6.45) is 0. The molecule has 0 saturated carbocycles. The Morgan fingerprint density at radius 2 is 1.97 bits per heavy atom. The van der Waals surface area contributed by atoms with Gasteiger partial charge in [0.25, 0.3) is 5.56 Å². The number of carbonyl (C=O) groups is 1. The second kappa shape index (κ2) is 9.46. The summed E-state index contributed by atoms with van der Waals surface area (Å²) in [5, 5.41) is 3.18. The number of ether oxygens (including phenoxy) is 1. The van der Waals surface area contributed by atoms with Crippen LogP contribution >= 0.6 is 35.3 Å². The highest BCUT2D eigenvalue weighted by Crippen LogP contribution is 2.26. The summed E-state index contributed by atoms with van der Waals surface area (Å²) in [7, 11) is 0. The molecule has 0 aliphatic carbocycles. The molecule has 0 spiro atoms. The van der Waals surface area contributed by atoms with Crippen LogP contribution in [0.15, 0.2) is 64.5 Å². The lowest BCUT2D eigenvalue weighted by atomic mass is 10.3. The van der Waals surface area contributed by atoms with Crippen molar-refractivity contribution in [3.05, 3.63) is 68.9 Å². The lowest BCUT2D eigenvalue weighted by Crippen LogP contribution is -2.16. The van der Waals surface area contributed by atoms with Gasteiger partial charge in [-0.3, -0.25) is 14.2 Å². The number of aromatic nitrogens is 3. The van der Waals surface area contributed by atoms with Crippen molar-refractivity contribution in [1.82, 2.24) is 14.5 Å². The molecule has 4 rings (SSSR count). The molecule has 0 saturated heterocycles. The molecule has 0 bridgehead atoms. The Balaban J connectivity index is 1.56. The number of rotatable bonds is 7. The van der Waals surface area contributed by atoms with Crippen molar-refractivity contribution in [3.8, 4) is 11.4 Å². The van der Waals surface area contributed by atoms with E-state index >= 15 is 0 Å². The summed E-state index contributed by atoms with van der Waals surface area (Å²) in [5.74, 6) is 0.451. The zero-order valence-corrected chi connectivity index (χ0v) is 18.9. The molecular formula is C21H18N4O3S3. The van der Waals surface area contributed by atoms with Crippen molar-refractivity contribution < 1.29 is 9.53 Å². The van der Waals surface area contributed by atoms with Gasteiger partial charge in [-0.2, -0.15) is 0 Å². The van der Waals surface area contributed by atoms with Crippen LogP contribution in [0.4, 0.5) is 5.69 Å². The molecule has 0 fully saturated rings. The van der Waals surface area contributed by atoms with Crippen LogP contribution in [0.5, 0.6) is 5.75 Å². The number of amides is 1. The normalized spacial score (nSPS) is 10.9. The molecule has 2 heterocycles. The van der Waals surface area contributed by atoms with Crippen molar-refractivity contribution in [2.24, 2.45) is 0 Å². The van der Waals surface area contributed by atoms with Gasteiger partial charge in [-0.25, -0.2) is 4.98 Å². The topological polar surface area (TPSA) is 89.0 Å². The van der Waals surface area contributed by atoms with Gasteiger partial charge in [0.2, 0.25) is 5.91 Å². The molecule has 158 valence electrons. The van der Waals surface area contributed by atoms with E-state index in [0.29, 0.717) is 37.5 Å². The van der Waals surface area contributed by atoms with E-state index in [0.717, 1.165) is 17.4 Å². The molecule has 4 aromatic rings. The Morgan fingerprint density at radius 1 is 1.23 bits per heavy atom. The van der Waals surface area contributed by atoms with Gasteiger partial charge in [0.05, 0.1) is 18.0 Å². The Labute approximate surface area is 191 Å². The quantitative estimate of drug-likeness (QED) is 0.232. The van der Waals surface area contributed by atoms with Crippen LogP contribution in [-0.2, 0) is 4.79 Å². The van der Waals surface area contributed by atoms with Gasteiger partial charge < -0.3 is 15.0 Å². The van der Waals surface area contributed by atoms with Gasteiger partial charge in [-0.15, -0.1) is 0 Å². The zero-order chi connectivity index (χ0) is 21.8. The number of hydrogen-bond acceptors (Lipinski definition) is 7. The van der Waals surface area contributed by atoms with Crippen LogP contribution < -0.4 is 15.6 Å². The summed E-state index contributed by atoms with van der Waals surface area (Å²) < 4.78 is 8.29. The number of nitrogens with one attached hydrogen (secondary N) is 2. The van der Waals surface area contributed by atoms with Crippen molar-refractivity contribution in [2.75, 3.05) is 17.7 Å². The van der Waals surface area contributed by atoms with E-state index in [1.807, 2.05) is 49.4 Å². The van der Waals surface area contributed by atoms with E-state index in [4.69, 9.17) is 17.0 Å². The lowest BCUT2D eigenvalue weighted by molar-refractivity contribution is -0.113. The number of thiazole rings is 1. The molecule has 0 radical (unpaired) electrons. The number of anilines is 1. The number of H-pyrrole nitrogens is 1. The maximum absolute atomic E-state index is 12.6. The number of para-hydroxylation sites is 3. The monoisotopic (exact) mass is 470 g/mol. The molecule has 2 aromatic heterocycles. The fourth-order valence-electron chi connectivity index (χ4n) is 2.94. The van der Waals surface area contributed by atoms with E-state index in [1.165, 1.54) is 11.3 Å². The van der Waals surface area contributed by atoms with E-state index in [9.17, 15) is 9.59 Å². The summed E-state index contributed by atoms with van der Waals surface area (Å²) in [5.41, 5.74) is 1.63. The van der Waals surface area contributed by atoms with E-state index in [2.05, 4.69) is 15.3 Å². The Hall–Kier alpha value is -2.95. The van der Waals surface area contributed by atoms with Crippen molar-refractivity contribution in [1.29, 1.82) is 0 Å². The predicted octanol–water partition coefficient (Wildman–Crippen LogP) is 4.63. The van der Waals surface area contributed by atoms with Crippen molar-refractivity contribution in [3.63, 3.8) is 0 Å². The number of fused-ring (bicyclic) bond motifs is 1. The smallest absolute Gasteiger partial charge is 0.271 e. The van der Waals surface area contributed by atoms with Gasteiger partial charge in [0, 0.05) is 5.69 Å². The molecule has 2 aromatic carbocycles. The number of benzene rings is 2. The third-order valence-electron chi connectivity index (χ3n) is 4.24. The number of carbonyl (C=O) groups excluding carboxylic acids is 1. The lowest BCUT2D eigenvalue weighted by Gasteiger charge is -2.11. The number of hydrogen-bond donors (Lipinski definition) is 2. The van der Waals surface area contributed by atoms with Gasteiger partial charge in [0.15, 0.2) is 14.8 Å². The average molecular weight is 471 g/mol. The van der Waals surface area contributed by atoms with E-state index in [1.54, 1.807) is 16.7 Å². The first kappa shape index (κ1) is 21.3. The summed E-state index contributed by atoms with van der Waals surface area (Å²) >= 11 is 7.81. The average Bonchev–Trinajstić information content (AvgIpc) is 3.11. The van der Waals surface area contributed by atoms with Crippen LogP contribution in [0.25, 0.3) is 16.0 Å². The number of nitrogens with zero attached hydrogens (tertiary/aromatic N) is 2. The van der Waals surface area contributed by atoms with Gasteiger partial charge >= 0.3 is 0 Å². The summed E-state index contributed by atoms with van der Waals surface area (Å²) in [4.78, 5) is 32.3. The molecule has 1 amide bonds. The van der Waals surface area contributed by atoms with Crippen LogP contribution in [-0.4, -0.2) is 32.8 Å². The van der Waals surface area contributed by atoms with E-state index < -0.39 is 0 Å². The minimum Gasteiger partial charge on any atom is -0.492 e. The van der Waals surface area contributed by atoms with Crippen LogP contribution in [0.2, 0.25) is 0 Å². The Bertz CT molecular complexity index is 1350. The Morgan fingerprint density at radius 3 is 2.74 bits per heavy atom. The molecule has 10 heteroatoms. The third kappa shape index (κ3) is 4.71. The van der Waals surface area contributed by atoms with Crippen LogP contribution in [0, 0.1) is 3.95 Å². The zero-order valence-electron chi connectivity index (χ0n) is 16.5. The predicted molar refractivity (Wildman–Crippen MR) is 127 cm³/mol. The maximum Gasteiger partial charge on any atom is 0.271 e. The fourth-order valence-corrected chi connectivity index (χ4v) is 4.87. The maximum atomic E-state index is 12.6. The van der Waals surface area contributed by atoms with Crippen molar-refractivity contribution in [2.45, 2.75) is 12.1 Å². The highest BCUT2D eigenvalue weighted by atomic mass is 32.2. The number of aromatic amines is 1. The molecule has 0 aliphatic rings. The SMILES string of the molecule is CCOc1ccccc1NC(=O)CSc1nc2c(sc(=S)n2-c2ccccc2)c(=O)[nH]1. The van der Waals surface area contributed by atoms with Crippen molar-refractivity contribution >= 4 is 57.3 Å². The fraction of sp³-hybridized carbons (Fsp3) is 0.143. The van der Waals surface area contributed by atoms with Crippen LogP contribution in [0.1, 0.15) is 6.92 Å². The highest BCUT2D eigenvalue weighted by Gasteiger charge is 2.15. The first-order valence-corrected chi connectivity index (χ1v) is 11.6. The summed E-state index contributed by atoms with van der Waals surface area (Å²) in [6.45, 7) is 2.38.